The molecule has 0 N–H and O–H groups in total. The van der Waals surface area contributed by atoms with E-state index in [1.807, 2.05) is 0 Å². The summed E-state index contributed by atoms with van der Waals surface area (Å²) in [6.07, 6.45) is 3.99. The maximum absolute atomic E-state index is 12.0. The van der Waals surface area contributed by atoms with Gasteiger partial charge in [0.25, 0.3) is 5.56 Å². The van der Waals surface area contributed by atoms with Crippen molar-refractivity contribution < 1.29 is 14.3 Å². The van der Waals surface area contributed by atoms with Crippen molar-refractivity contribution in [2.24, 2.45) is 0 Å². The molecule has 116 valence electrons. The molecule has 0 atom stereocenters. The first-order chi connectivity index (χ1) is 11.0. The molecule has 0 aromatic carbocycles. The number of carbonyl (C=O) groups is 1. The van der Waals surface area contributed by atoms with Crippen LogP contribution in [0.4, 0.5) is 0 Å². The van der Waals surface area contributed by atoms with E-state index in [9.17, 15) is 14.8 Å². The van der Waals surface area contributed by atoms with Crippen LogP contribution in [0.1, 0.15) is 16.1 Å². The Bertz CT molecular complexity index is 955. The fourth-order valence-electron chi connectivity index (χ4n) is 2.00. The average Bonchev–Trinajstić information content (AvgIpc) is 2.53. The summed E-state index contributed by atoms with van der Waals surface area (Å²) in [4.78, 5) is 28.2. The van der Waals surface area contributed by atoms with Gasteiger partial charge in [-0.05, 0) is 34.1 Å². The number of esters is 1. The number of fused-ring (bicyclic) bond motifs is 1. The molecule has 0 saturated heterocycles. The number of ether oxygens (including phenoxy) is 1. The number of pyridine rings is 2. The molecule has 8 heteroatoms. The molecule has 7 nitrogen and oxygen atoms in total. The number of hydrogen-bond donors (Lipinski definition) is 0. The van der Waals surface area contributed by atoms with Gasteiger partial charge in [-0.15, -0.1) is 0 Å². The highest BCUT2D eigenvalue weighted by atomic mass is 79.9. The lowest BCUT2D eigenvalue weighted by Crippen LogP contribution is -2.26. The van der Waals surface area contributed by atoms with Gasteiger partial charge >= 0.3 is 5.97 Å². The molecule has 0 aliphatic carbocycles. The van der Waals surface area contributed by atoms with Gasteiger partial charge in [-0.2, -0.15) is 4.73 Å². The fraction of sp³-hybridized carbons (Fsp3) is 0.0667. The standard InChI is InChI=1S/C15H10BrN3O4/c16-11-3-4-13-17-12(6-14(20)19(13)8-11)9-23-15(21)10-2-1-5-18(22)7-10/h1-8H,9H2. The summed E-state index contributed by atoms with van der Waals surface area (Å²) >= 11 is 3.28. The Morgan fingerprint density at radius 1 is 1.39 bits per heavy atom. The lowest BCUT2D eigenvalue weighted by Gasteiger charge is -2.06. The van der Waals surface area contributed by atoms with E-state index in [2.05, 4.69) is 20.9 Å². The zero-order valence-electron chi connectivity index (χ0n) is 11.7. The lowest BCUT2D eigenvalue weighted by molar-refractivity contribution is -0.605. The van der Waals surface area contributed by atoms with E-state index < -0.39 is 5.97 Å². The molecule has 0 unspecified atom stereocenters. The normalized spacial score (nSPS) is 10.7. The van der Waals surface area contributed by atoms with Crippen LogP contribution in [-0.4, -0.2) is 15.4 Å². The molecule has 0 radical (unpaired) electrons. The third-order valence-electron chi connectivity index (χ3n) is 3.04. The third-order valence-corrected chi connectivity index (χ3v) is 3.51. The first-order valence-electron chi connectivity index (χ1n) is 6.57. The molecule has 3 aromatic rings. The number of carbonyl (C=O) groups excluding carboxylic acids is 1. The van der Waals surface area contributed by atoms with Gasteiger partial charge in [0, 0.05) is 22.8 Å². The summed E-state index contributed by atoms with van der Waals surface area (Å²) in [7, 11) is 0. The molecular weight excluding hydrogens is 366 g/mol. The predicted octanol–water partition coefficient (Wildman–Crippen LogP) is 1.45. The molecule has 23 heavy (non-hydrogen) atoms. The number of rotatable bonds is 3. The van der Waals surface area contributed by atoms with Crippen LogP contribution in [0.3, 0.4) is 0 Å². The maximum atomic E-state index is 12.0. The molecule has 0 fully saturated rings. The number of nitrogens with zero attached hydrogens (tertiary/aromatic N) is 3. The minimum absolute atomic E-state index is 0.129. The van der Waals surface area contributed by atoms with E-state index in [-0.39, 0.29) is 17.7 Å². The average molecular weight is 376 g/mol. The van der Waals surface area contributed by atoms with Gasteiger partial charge < -0.3 is 9.94 Å². The van der Waals surface area contributed by atoms with E-state index in [0.717, 1.165) is 10.7 Å². The molecule has 3 heterocycles. The Kier molecular flexibility index (Phi) is 4.07. The van der Waals surface area contributed by atoms with Crippen LogP contribution in [0.25, 0.3) is 5.65 Å². The Morgan fingerprint density at radius 2 is 2.22 bits per heavy atom. The second-order valence-corrected chi connectivity index (χ2v) is 5.61. The summed E-state index contributed by atoms with van der Waals surface area (Å²) in [5.74, 6) is -0.659. The van der Waals surface area contributed by atoms with Crippen LogP contribution in [0.5, 0.6) is 0 Å². The summed E-state index contributed by atoms with van der Waals surface area (Å²) in [5.41, 5.74) is 0.629. The second-order valence-electron chi connectivity index (χ2n) is 4.69. The molecule has 3 rings (SSSR count). The number of hydrogen-bond acceptors (Lipinski definition) is 5. The minimum atomic E-state index is -0.659. The Labute approximate surface area is 138 Å². The molecule has 0 aliphatic rings. The van der Waals surface area contributed by atoms with Crippen LogP contribution in [0.2, 0.25) is 0 Å². The van der Waals surface area contributed by atoms with Gasteiger partial charge in [0.1, 0.15) is 17.8 Å². The largest absolute Gasteiger partial charge is 0.619 e. The molecular formula is C15H10BrN3O4. The number of aromatic nitrogens is 3. The zero-order chi connectivity index (χ0) is 16.4. The summed E-state index contributed by atoms with van der Waals surface area (Å²) in [5, 5.41) is 11.1. The Morgan fingerprint density at radius 3 is 3.00 bits per heavy atom. The number of halogens is 1. The van der Waals surface area contributed by atoms with Crippen LogP contribution in [0.15, 0.2) is 58.2 Å². The SMILES string of the molecule is O=C(OCc1cc(=O)n2cc(Br)ccc2n1)c1ccc[n+]([O-])c1. The van der Waals surface area contributed by atoms with Gasteiger partial charge in [0.15, 0.2) is 12.4 Å². The maximum Gasteiger partial charge on any atom is 0.344 e. The smallest absolute Gasteiger partial charge is 0.344 e. The molecule has 0 saturated carbocycles. The first kappa shape index (κ1) is 15.2. The lowest BCUT2D eigenvalue weighted by atomic mass is 10.3. The van der Waals surface area contributed by atoms with Crippen molar-refractivity contribution in [1.82, 2.24) is 9.38 Å². The van der Waals surface area contributed by atoms with Crippen molar-refractivity contribution >= 4 is 27.5 Å². The molecule has 0 bridgehead atoms. The Hall–Kier alpha value is -2.74. The van der Waals surface area contributed by atoms with Crippen molar-refractivity contribution in [2.75, 3.05) is 0 Å². The van der Waals surface area contributed by atoms with E-state index in [1.165, 1.54) is 28.8 Å². The van der Waals surface area contributed by atoms with Gasteiger partial charge in [-0.25, -0.2) is 9.78 Å². The Balaban J connectivity index is 1.81. The van der Waals surface area contributed by atoms with Gasteiger partial charge in [0.2, 0.25) is 0 Å². The summed E-state index contributed by atoms with van der Waals surface area (Å²) in [6.45, 7) is -0.158. The summed E-state index contributed by atoms with van der Waals surface area (Å²) < 4.78 is 7.73. The predicted molar refractivity (Wildman–Crippen MR) is 83.7 cm³/mol. The molecule has 0 amide bonds. The topological polar surface area (TPSA) is 87.6 Å². The molecule has 0 aliphatic heterocycles. The zero-order valence-corrected chi connectivity index (χ0v) is 13.3. The van der Waals surface area contributed by atoms with Gasteiger partial charge in [-0.1, -0.05) is 0 Å². The highest BCUT2D eigenvalue weighted by molar-refractivity contribution is 9.10. The van der Waals surface area contributed by atoms with Crippen molar-refractivity contribution in [3.8, 4) is 0 Å². The highest BCUT2D eigenvalue weighted by Crippen LogP contribution is 2.10. The molecule has 0 spiro atoms. The minimum Gasteiger partial charge on any atom is -0.619 e. The van der Waals surface area contributed by atoms with E-state index in [4.69, 9.17) is 4.74 Å². The monoisotopic (exact) mass is 375 g/mol. The highest BCUT2D eigenvalue weighted by Gasteiger charge is 2.11. The van der Waals surface area contributed by atoms with Crippen LogP contribution in [0, 0.1) is 5.21 Å². The van der Waals surface area contributed by atoms with E-state index in [0.29, 0.717) is 16.1 Å². The van der Waals surface area contributed by atoms with E-state index in [1.54, 1.807) is 18.3 Å². The fourth-order valence-corrected chi connectivity index (χ4v) is 2.34. The van der Waals surface area contributed by atoms with Gasteiger partial charge in [-0.3, -0.25) is 9.20 Å². The van der Waals surface area contributed by atoms with Crippen molar-refractivity contribution in [1.29, 1.82) is 0 Å². The van der Waals surface area contributed by atoms with Crippen molar-refractivity contribution in [3.63, 3.8) is 0 Å². The molecule has 3 aromatic heterocycles. The van der Waals surface area contributed by atoms with E-state index >= 15 is 0 Å². The second kappa shape index (κ2) is 6.17. The first-order valence-corrected chi connectivity index (χ1v) is 7.36. The van der Waals surface area contributed by atoms with Gasteiger partial charge in [0.05, 0.1) is 5.69 Å². The van der Waals surface area contributed by atoms with Crippen molar-refractivity contribution in [3.05, 3.63) is 80.2 Å². The van der Waals surface area contributed by atoms with Crippen LogP contribution >= 0.6 is 15.9 Å². The summed E-state index contributed by atoms with van der Waals surface area (Å²) in [6, 6.07) is 7.65. The van der Waals surface area contributed by atoms with Crippen molar-refractivity contribution in [2.45, 2.75) is 6.61 Å². The third kappa shape index (κ3) is 3.37. The van der Waals surface area contributed by atoms with Crippen LogP contribution < -0.4 is 10.3 Å². The quantitative estimate of drug-likeness (QED) is 0.392. The van der Waals surface area contributed by atoms with Crippen LogP contribution in [-0.2, 0) is 11.3 Å².